The van der Waals surface area contributed by atoms with Crippen molar-refractivity contribution in [1.82, 2.24) is 5.32 Å². The van der Waals surface area contributed by atoms with E-state index in [0.29, 0.717) is 5.56 Å². The van der Waals surface area contributed by atoms with Gasteiger partial charge in [-0.2, -0.15) is 5.26 Å². The third kappa shape index (κ3) is 4.32. The second-order valence-corrected chi connectivity index (χ2v) is 5.68. The van der Waals surface area contributed by atoms with Gasteiger partial charge < -0.3 is 15.0 Å². The lowest BCUT2D eigenvalue weighted by molar-refractivity contribution is 0.122. The molecule has 0 amide bonds. The quantitative estimate of drug-likeness (QED) is 0.922. The Morgan fingerprint density at radius 2 is 1.48 bits per heavy atom. The van der Waals surface area contributed by atoms with Crippen LogP contribution in [0.5, 0.6) is 0 Å². The lowest BCUT2D eigenvalue weighted by Crippen LogP contribution is -2.36. The lowest BCUT2D eigenvalue weighted by atomic mass is 10.1. The Bertz CT molecular complexity index is 653. The van der Waals surface area contributed by atoms with Crippen LogP contribution in [0.3, 0.4) is 0 Å². The van der Waals surface area contributed by atoms with Crippen molar-refractivity contribution < 1.29 is 4.74 Å². The van der Waals surface area contributed by atoms with Crippen LogP contribution in [-0.2, 0) is 17.8 Å². The molecule has 4 heteroatoms. The van der Waals surface area contributed by atoms with Crippen molar-refractivity contribution in [2.24, 2.45) is 0 Å². The van der Waals surface area contributed by atoms with Crippen LogP contribution in [0.1, 0.15) is 16.7 Å². The molecule has 3 rings (SSSR count). The van der Waals surface area contributed by atoms with E-state index in [-0.39, 0.29) is 0 Å². The number of nitrogens with zero attached hydrogens (tertiary/aromatic N) is 2. The average Bonchev–Trinajstić information content (AvgIpc) is 2.64. The molecule has 1 aliphatic heterocycles. The van der Waals surface area contributed by atoms with E-state index >= 15 is 0 Å². The highest BCUT2D eigenvalue weighted by Gasteiger charge is 2.10. The van der Waals surface area contributed by atoms with E-state index in [1.165, 1.54) is 16.8 Å². The predicted octanol–water partition coefficient (Wildman–Crippen LogP) is 2.68. The van der Waals surface area contributed by atoms with E-state index in [1.807, 2.05) is 24.3 Å². The molecule has 23 heavy (non-hydrogen) atoms. The number of nitriles is 1. The van der Waals surface area contributed by atoms with E-state index in [9.17, 15) is 0 Å². The molecule has 0 radical (unpaired) electrons. The largest absolute Gasteiger partial charge is 0.378 e. The standard InChI is InChI=1S/C19H21N3O/c20-13-16-1-3-17(4-2-16)14-21-15-18-5-7-19(8-6-18)22-9-11-23-12-10-22/h1-8,21H,9-12,14-15H2. The van der Waals surface area contributed by atoms with Gasteiger partial charge in [-0.25, -0.2) is 0 Å². The summed E-state index contributed by atoms with van der Waals surface area (Å²) >= 11 is 0. The molecule has 118 valence electrons. The Labute approximate surface area is 137 Å². The first-order chi connectivity index (χ1) is 11.3. The van der Waals surface area contributed by atoms with Gasteiger partial charge in [0.05, 0.1) is 24.8 Å². The van der Waals surface area contributed by atoms with Gasteiger partial charge in [0, 0.05) is 31.9 Å². The van der Waals surface area contributed by atoms with Gasteiger partial charge in [0.2, 0.25) is 0 Å². The van der Waals surface area contributed by atoms with E-state index < -0.39 is 0 Å². The molecule has 0 bridgehead atoms. The number of morpholine rings is 1. The Hall–Kier alpha value is -2.35. The maximum atomic E-state index is 8.79. The van der Waals surface area contributed by atoms with Crippen LogP contribution >= 0.6 is 0 Å². The molecule has 1 heterocycles. The Morgan fingerprint density at radius 3 is 2.04 bits per heavy atom. The summed E-state index contributed by atoms with van der Waals surface area (Å²) in [5, 5.41) is 12.2. The normalized spacial score (nSPS) is 14.5. The minimum absolute atomic E-state index is 0.701. The highest BCUT2D eigenvalue weighted by molar-refractivity contribution is 5.47. The SMILES string of the molecule is N#Cc1ccc(CNCc2ccc(N3CCOCC3)cc2)cc1. The fourth-order valence-corrected chi connectivity index (χ4v) is 2.69. The van der Waals surface area contributed by atoms with Gasteiger partial charge in [0.1, 0.15) is 0 Å². The molecule has 4 nitrogen and oxygen atoms in total. The minimum atomic E-state index is 0.701. The summed E-state index contributed by atoms with van der Waals surface area (Å²) in [5.41, 5.74) is 4.43. The molecule has 0 unspecified atom stereocenters. The third-order valence-electron chi connectivity index (χ3n) is 4.05. The first-order valence-electron chi connectivity index (χ1n) is 7.96. The van der Waals surface area contributed by atoms with E-state index in [1.54, 1.807) is 0 Å². The zero-order valence-corrected chi connectivity index (χ0v) is 13.2. The molecule has 1 N–H and O–H groups in total. The number of hydrogen-bond acceptors (Lipinski definition) is 4. The van der Waals surface area contributed by atoms with Gasteiger partial charge in [0.25, 0.3) is 0 Å². The zero-order valence-electron chi connectivity index (χ0n) is 13.2. The monoisotopic (exact) mass is 307 g/mol. The first kappa shape index (κ1) is 15.5. The van der Waals surface area contributed by atoms with Crippen LogP contribution < -0.4 is 10.2 Å². The van der Waals surface area contributed by atoms with Gasteiger partial charge in [-0.3, -0.25) is 0 Å². The van der Waals surface area contributed by atoms with E-state index in [0.717, 1.165) is 39.4 Å². The number of anilines is 1. The van der Waals surface area contributed by atoms with Gasteiger partial charge in [-0.05, 0) is 35.4 Å². The molecule has 0 spiro atoms. The molecule has 0 atom stereocenters. The summed E-state index contributed by atoms with van der Waals surface area (Å²) in [6.07, 6.45) is 0. The fraction of sp³-hybridized carbons (Fsp3) is 0.316. The zero-order chi connectivity index (χ0) is 15.9. The molecule has 2 aromatic rings. The highest BCUT2D eigenvalue weighted by Crippen LogP contribution is 2.16. The summed E-state index contributed by atoms with van der Waals surface area (Å²) in [4.78, 5) is 2.36. The Morgan fingerprint density at radius 1 is 0.913 bits per heavy atom. The fourth-order valence-electron chi connectivity index (χ4n) is 2.69. The minimum Gasteiger partial charge on any atom is -0.378 e. The molecule has 0 saturated carbocycles. The number of rotatable bonds is 5. The van der Waals surface area contributed by atoms with Gasteiger partial charge >= 0.3 is 0 Å². The Balaban J connectivity index is 1.49. The van der Waals surface area contributed by atoms with Crippen molar-refractivity contribution in [2.75, 3.05) is 31.2 Å². The van der Waals surface area contributed by atoms with Crippen LogP contribution in [0.25, 0.3) is 0 Å². The predicted molar refractivity (Wildman–Crippen MR) is 91.2 cm³/mol. The molecule has 0 aliphatic carbocycles. The van der Waals surface area contributed by atoms with Crippen molar-refractivity contribution in [3.8, 4) is 6.07 Å². The van der Waals surface area contributed by atoms with Crippen LogP contribution in [-0.4, -0.2) is 26.3 Å². The number of nitrogens with one attached hydrogen (secondary N) is 1. The van der Waals surface area contributed by atoms with Gasteiger partial charge in [-0.15, -0.1) is 0 Å². The van der Waals surface area contributed by atoms with Crippen LogP contribution in [0.2, 0.25) is 0 Å². The van der Waals surface area contributed by atoms with Crippen molar-refractivity contribution in [1.29, 1.82) is 5.26 Å². The van der Waals surface area contributed by atoms with E-state index in [2.05, 4.69) is 40.6 Å². The summed E-state index contributed by atoms with van der Waals surface area (Å²) in [6.45, 7) is 5.20. The van der Waals surface area contributed by atoms with Crippen LogP contribution in [0.15, 0.2) is 48.5 Å². The topological polar surface area (TPSA) is 48.3 Å². The summed E-state index contributed by atoms with van der Waals surface area (Å²) < 4.78 is 5.39. The van der Waals surface area contributed by atoms with Gasteiger partial charge in [0.15, 0.2) is 0 Å². The van der Waals surface area contributed by atoms with E-state index in [4.69, 9.17) is 10.00 Å². The lowest BCUT2D eigenvalue weighted by Gasteiger charge is -2.28. The third-order valence-corrected chi connectivity index (χ3v) is 4.05. The molecule has 2 aromatic carbocycles. The molecular weight excluding hydrogens is 286 g/mol. The maximum Gasteiger partial charge on any atom is 0.0991 e. The average molecular weight is 307 g/mol. The first-order valence-corrected chi connectivity index (χ1v) is 7.96. The number of benzene rings is 2. The molecule has 1 aliphatic rings. The summed E-state index contributed by atoms with van der Waals surface area (Å²) in [7, 11) is 0. The van der Waals surface area contributed by atoms with Crippen LogP contribution in [0, 0.1) is 11.3 Å². The van der Waals surface area contributed by atoms with Crippen LogP contribution in [0.4, 0.5) is 5.69 Å². The van der Waals surface area contributed by atoms with Gasteiger partial charge in [-0.1, -0.05) is 24.3 Å². The molecule has 0 aromatic heterocycles. The summed E-state index contributed by atoms with van der Waals surface area (Å²) in [6, 6.07) is 18.6. The number of ether oxygens (including phenoxy) is 1. The highest BCUT2D eigenvalue weighted by atomic mass is 16.5. The second-order valence-electron chi connectivity index (χ2n) is 5.68. The smallest absolute Gasteiger partial charge is 0.0991 e. The Kier molecular flexibility index (Phi) is 5.25. The van der Waals surface area contributed by atoms with Crippen molar-refractivity contribution >= 4 is 5.69 Å². The number of hydrogen-bond donors (Lipinski definition) is 1. The maximum absolute atomic E-state index is 8.79. The van der Waals surface area contributed by atoms with Crippen molar-refractivity contribution in [2.45, 2.75) is 13.1 Å². The van der Waals surface area contributed by atoms with Crippen molar-refractivity contribution in [3.05, 3.63) is 65.2 Å². The molecular formula is C19H21N3O. The summed E-state index contributed by atoms with van der Waals surface area (Å²) in [5.74, 6) is 0. The second kappa shape index (κ2) is 7.77. The van der Waals surface area contributed by atoms with Crippen molar-refractivity contribution in [3.63, 3.8) is 0 Å². The molecule has 1 saturated heterocycles. The molecule has 1 fully saturated rings.